The SMILES string of the molecule is CC1CN(c2ccc(Nc3ncc4ccn(-c5ccc(S(N)(=O)=O)cc5)c4n3)cn2)CC(C)N1. The summed E-state index contributed by atoms with van der Waals surface area (Å²) in [5.74, 6) is 1.38. The van der Waals surface area contributed by atoms with E-state index in [0.29, 0.717) is 23.7 Å². The fourth-order valence-electron chi connectivity index (χ4n) is 4.27. The molecular formula is C23H26N8O2S. The number of rotatable bonds is 5. The monoisotopic (exact) mass is 478 g/mol. The van der Waals surface area contributed by atoms with Crippen LogP contribution in [0.1, 0.15) is 13.8 Å². The first-order valence-corrected chi connectivity index (χ1v) is 12.5. The zero-order valence-electron chi connectivity index (χ0n) is 18.9. The number of nitrogens with zero attached hydrogens (tertiary/aromatic N) is 5. The van der Waals surface area contributed by atoms with Gasteiger partial charge in [0, 0.05) is 48.6 Å². The van der Waals surface area contributed by atoms with Gasteiger partial charge in [-0.1, -0.05) is 0 Å². The highest BCUT2D eigenvalue weighted by Crippen LogP contribution is 2.23. The zero-order valence-corrected chi connectivity index (χ0v) is 19.7. The molecule has 1 aromatic carbocycles. The molecule has 5 rings (SSSR count). The van der Waals surface area contributed by atoms with E-state index < -0.39 is 10.0 Å². The smallest absolute Gasteiger partial charge is 0.238 e. The first-order chi connectivity index (χ1) is 16.3. The lowest BCUT2D eigenvalue weighted by atomic mass is 10.1. The number of piperazine rings is 1. The molecular weight excluding hydrogens is 452 g/mol. The van der Waals surface area contributed by atoms with Crippen molar-refractivity contribution in [2.24, 2.45) is 5.14 Å². The van der Waals surface area contributed by atoms with Gasteiger partial charge in [0.25, 0.3) is 0 Å². The van der Waals surface area contributed by atoms with E-state index >= 15 is 0 Å². The van der Waals surface area contributed by atoms with Crippen LogP contribution in [0.4, 0.5) is 17.5 Å². The summed E-state index contributed by atoms with van der Waals surface area (Å²) in [4.78, 5) is 16.0. The van der Waals surface area contributed by atoms with Crippen LogP contribution in [-0.2, 0) is 10.0 Å². The van der Waals surface area contributed by atoms with Crippen molar-refractivity contribution in [2.45, 2.75) is 30.8 Å². The lowest BCUT2D eigenvalue weighted by molar-refractivity contribution is 0.405. The Labute approximate surface area is 197 Å². The molecule has 0 spiro atoms. The van der Waals surface area contributed by atoms with E-state index in [9.17, 15) is 8.42 Å². The Balaban J connectivity index is 1.37. The molecule has 0 amide bonds. The minimum atomic E-state index is -3.75. The van der Waals surface area contributed by atoms with Crippen LogP contribution in [0.25, 0.3) is 16.7 Å². The molecule has 4 N–H and O–H groups in total. The molecule has 1 fully saturated rings. The number of anilines is 3. The number of primary sulfonamides is 1. The number of fused-ring (bicyclic) bond motifs is 1. The molecule has 3 aromatic heterocycles. The quantitative estimate of drug-likeness (QED) is 0.399. The molecule has 0 saturated carbocycles. The minimum absolute atomic E-state index is 0.0605. The Hall–Kier alpha value is -3.54. The van der Waals surface area contributed by atoms with E-state index in [1.165, 1.54) is 12.1 Å². The van der Waals surface area contributed by atoms with E-state index in [2.05, 4.69) is 44.3 Å². The number of sulfonamides is 1. The van der Waals surface area contributed by atoms with Gasteiger partial charge in [0.05, 0.1) is 16.8 Å². The molecule has 4 heterocycles. The lowest BCUT2D eigenvalue weighted by Gasteiger charge is -2.36. The van der Waals surface area contributed by atoms with E-state index in [1.807, 2.05) is 29.0 Å². The topological polar surface area (TPSA) is 131 Å². The van der Waals surface area contributed by atoms with Crippen molar-refractivity contribution in [3.8, 4) is 5.69 Å². The predicted octanol–water partition coefficient (Wildman–Crippen LogP) is 2.39. The van der Waals surface area contributed by atoms with Crippen LogP contribution in [0, 0.1) is 0 Å². The van der Waals surface area contributed by atoms with Crippen molar-refractivity contribution in [3.05, 3.63) is 61.1 Å². The molecule has 1 saturated heterocycles. The van der Waals surface area contributed by atoms with Gasteiger partial charge in [0.2, 0.25) is 16.0 Å². The highest BCUT2D eigenvalue weighted by atomic mass is 32.2. The van der Waals surface area contributed by atoms with Crippen molar-refractivity contribution >= 4 is 38.5 Å². The second kappa shape index (κ2) is 8.67. The highest BCUT2D eigenvalue weighted by Gasteiger charge is 2.21. The molecule has 34 heavy (non-hydrogen) atoms. The maximum absolute atomic E-state index is 11.5. The predicted molar refractivity (Wildman–Crippen MR) is 132 cm³/mol. The first kappa shape index (κ1) is 22.3. The van der Waals surface area contributed by atoms with Gasteiger partial charge < -0.3 is 20.1 Å². The normalized spacial score (nSPS) is 18.9. The Bertz CT molecular complexity index is 1410. The van der Waals surface area contributed by atoms with Gasteiger partial charge >= 0.3 is 0 Å². The number of pyridine rings is 1. The van der Waals surface area contributed by atoms with Crippen LogP contribution in [0.15, 0.2) is 66.0 Å². The molecule has 4 aromatic rings. The lowest BCUT2D eigenvalue weighted by Crippen LogP contribution is -2.54. The molecule has 2 unspecified atom stereocenters. The van der Waals surface area contributed by atoms with E-state index in [1.54, 1.807) is 24.5 Å². The third-order valence-electron chi connectivity index (χ3n) is 5.76. The summed E-state index contributed by atoms with van der Waals surface area (Å²) in [5.41, 5.74) is 2.24. The third kappa shape index (κ3) is 4.58. The Morgan fingerprint density at radius 1 is 1.00 bits per heavy atom. The summed E-state index contributed by atoms with van der Waals surface area (Å²) >= 11 is 0. The first-order valence-electron chi connectivity index (χ1n) is 11.0. The Morgan fingerprint density at radius 2 is 1.74 bits per heavy atom. The minimum Gasteiger partial charge on any atom is -0.354 e. The average molecular weight is 479 g/mol. The van der Waals surface area contributed by atoms with Crippen molar-refractivity contribution in [2.75, 3.05) is 23.3 Å². The fraction of sp³-hybridized carbons (Fsp3) is 0.261. The number of aromatic nitrogens is 4. The van der Waals surface area contributed by atoms with Gasteiger partial charge in [-0.15, -0.1) is 0 Å². The summed E-state index contributed by atoms with van der Waals surface area (Å²) in [5, 5.41) is 12.8. The summed E-state index contributed by atoms with van der Waals surface area (Å²) in [6.45, 7) is 6.19. The second-order valence-corrected chi connectivity index (χ2v) is 10.2. The summed E-state index contributed by atoms with van der Waals surface area (Å²) in [7, 11) is -3.75. The Morgan fingerprint density at radius 3 is 2.38 bits per heavy atom. The van der Waals surface area contributed by atoms with Gasteiger partial charge in [-0.3, -0.25) is 0 Å². The van der Waals surface area contributed by atoms with Crippen LogP contribution in [0.2, 0.25) is 0 Å². The number of hydrogen-bond donors (Lipinski definition) is 3. The maximum atomic E-state index is 11.5. The van der Waals surface area contributed by atoms with E-state index in [-0.39, 0.29) is 4.90 Å². The fourth-order valence-corrected chi connectivity index (χ4v) is 4.79. The largest absolute Gasteiger partial charge is 0.354 e. The van der Waals surface area contributed by atoms with Gasteiger partial charge in [0.15, 0.2) is 0 Å². The summed E-state index contributed by atoms with van der Waals surface area (Å²) < 4.78 is 24.9. The third-order valence-corrected chi connectivity index (χ3v) is 6.69. The van der Waals surface area contributed by atoms with Crippen molar-refractivity contribution in [3.63, 3.8) is 0 Å². The number of hydrogen-bond acceptors (Lipinski definition) is 8. The number of nitrogens with two attached hydrogens (primary N) is 1. The molecule has 176 valence electrons. The standard InChI is InChI=1S/C23H26N8O2S/c1-15-13-30(14-16(2)27-15)21-8-3-18(12-25-21)28-23-26-11-17-9-10-31(22(17)29-23)19-4-6-20(7-5-19)34(24,32)33/h3-12,15-16,27H,13-14H2,1-2H3,(H2,24,32,33)(H,26,28,29). The molecule has 0 bridgehead atoms. The molecule has 0 radical (unpaired) electrons. The summed E-state index contributed by atoms with van der Waals surface area (Å²) in [6, 6.07) is 13.0. The van der Waals surface area contributed by atoms with Crippen molar-refractivity contribution in [1.29, 1.82) is 0 Å². The Kier molecular flexibility index (Phi) is 5.68. The molecule has 10 nitrogen and oxygen atoms in total. The maximum Gasteiger partial charge on any atom is 0.238 e. The van der Waals surface area contributed by atoms with Gasteiger partial charge in [-0.25, -0.2) is 23.5 Å². The van der Waals surface area contributed by atoms with Crippen LogP contribution < -0.4 is 20.7 Å². The second-order valence-electron chi connectivity index (χ2n) is 8.60. The van der Waals surface area contributed by atoms with Crippen molar-refractivity contribution < 1.29 is 8.42 Å². The molecule has 11 heteroatoms. The van der Waals surface area contributed by atoms with Crippen LogP contribution in [0.5, 0.6) is 0 Å². The number of nitrogens with one attached hydrogen (secondary N) is 2. The van der Waals surface area contributed by atoms with E-state index in [4.69, 9.17) is 5.14 Å². The van der Waals surface area contributed by atoms with Gasteiger partial charge in [-0.05, 0) is 56.3 Å². The van der Waals surface area contributed by atoms with Crippen molar-refractivity contribution in [1.82, 2.24) is 24.8 Å². The molecule has 1 aliphatic heterocycles. The van der Waals surface area contributed by atoms with Gasteiger partial charge in [-0.2, -0.15) is 4.98 Å². The highest BCUT2D eigenvalue weighted by molar-refractivity contribution is 7.89. The zero-order chi connectivity index (χ0) is 23.9. The molecule has 2 atom stereocenters. The summed E-state index contributed by atoms with van der Waals surface area (Å²) in [6.07, 6.45) is 5.39. The van der Waals surface area contributed by atoms with Crippen LogP contribution in [-0.4, -0.2) is 53.1 Å². The van der Waals surface area contributed by atoms with Crippen LogP contribution >= 0.6 is 0 Å². The molecule has 1 aliphatic rings. The molecule has 0 aliphatic carbocycles. The van der Waals surface area contributed by atoms with Gasteiger partial charge in [0.1, 0.15) is 11.5 Å². The van der Waals surface area contributed by atoms with Crippen LogP contribution in [0.3, 0.4) is 0 Å². The number of benzene rings is 1. The average Bonchev–Trinajstić information content (AvgIpc) is 3.22. The van der Waals surface area contributed by atoms with E-state index in [0.717, 1.165) is 35.7 Å².